The van der Waals surface area contributed by atoms with Crippen molar-refractivity contribution in [3.05, 3.63) is 42.1 Å². The highest BCUT2D eigenvalue weighted by atomic mass is 16.2. The molecule has 2 fully saturated rings. The number of anilines is 1. The predicted octanol–water partition coefficient (Wildman–Crippen LogP) is 3.53. The van der Waals surface area contributed by atoms with E-state index in [-0.39, 0.29) is 11.9 Å². The van der Waals surface area contributed by atoms with Crippen molar-refractivity contribution in [1.29, 1.82) is 0 Å². The van der Waals surface area contributed by atoms with Crippen molar-refractivity contribution in [2.24, 2.45) is 0 Å². The van der Waals surface area contributed by atoms with Gasteiger partial charge in [-0.3, -0.25) is 4.79 Å². The summed E-state index contributed by atoms with van der Waals surface area (Å²) in [6.07, 6.45) is 13.4. The first-order valence-corrected chi connectivity index (χ1v) is 9.34. The molecule has 1 aliphatic heterocycles. The molecule has 25 heavy (non-hydrogen) atoms. The topological polar surface area (TPSA) is 73.9 Å². The smallest absolute Gasteiger partial charge is 0.254 e. The molecule has 0 aromatic carbocycles. The molecule has 2 aromatic heterocycles. The van der Waals surface area contributed by atoms with Crippen molar-refractivity contribution >= 4 is 11.7 Å². The maximum Gasteiger partial charge on any atom is 0.254 e. The van der Waals surface area contributed by atoms with E-state index < -0.39 is 0 Å². The fraction of sp³-hybridized carbons (Fsp3) is 0.526. The quantitative estimate of drug-likeness (QED) is 0.894. The van der Waals surface area contributed by atoms with Gasteiger partial charge in [-0.2, -0.15) is 0 Å². The van der Waals surface area contributed by atoms with Crippen LogP contribution < -0.4 is 5.32 Å². The molecule has 1 atom stereocenters. The Morgan fingerprint density at radius 2 is 1.96 bits per heavy atom. The van der Waals surface area contributed by atoms with E-state index in [0.717, 1.165) is 37.4 Å². The molecule has 4 rings (SSSR count). The molecule has 2 aromatic rings. The second kappa shape index (κ2) is 7.25. The van der Waals surface area contributed by atoms with Crippen LogP contribution in [0.1, 0.15) is 67.2 Å². The number of H-pyrrole nitrogens is 1. The van der Waals surface area contributed by atoms with Crippen molar-refractivity contribution in [2.75, 3.05) is 11.9 Å². The number of pyridine rings is 1. The van der Waals surface area contributed by atoms with Crippen LogP contribution in [0.15, 0.2) is 30.7 Å². The Bertz CT molecular complexity index is 708. The number of carbonyl (C=O) groups excluding carboxylic acids is 1. The zero-order chi connectivity index (χ0) is 17.1. The molecule has 0 bridgehead atoms. The predicted molar refractivity (Wildman–Crippen MR) is 96.3 cm³/mol. The minimum Gasteiger partial charge on any atom is -0.367 e. The Labute approximate surface area is 148 Å². The van der Waals surface area contributed by atoms with E-state index in [2.05, 4.69) is 20.3 Å². The summed E-state index contributed by atoms with van der Waals surface area (Å²) in [5.41, 5.74) is 0.703. The fourth-order valence-corrected chi connectivity index (χ4v) is 4.01. The summed E-state index contributed by atoms with van der Waals surface area (Å²) >= 11 is 0. The Hall–Kier alpha value is -2.37. The first-order chi connectivity index (χ1) is 12.3. The summed E-state index contributed by atoms with van der Waals surface area (Å²) in [7, 11) is 0. The molecular formula is C19H25N5O. The maximum atomic E-state index is 13.1. The molecule has 2 aliphatic rings. The van der Waals surface area contributed by atoms with Gasteiger partial charge in [0.15, 0.2) is 0 Å². The number of likely N-dealkylation sites (tertiary alicyclic amines) is 1. The van der Waals surface area contributed by atoms with Gasteiger partial charge >= 0.3 is 0 Å². The van der Waals surface area contributed by atoms with Crippen LogP contribution in [0.2, 0.25) is 0 Å². The lowest BCUT2D eigenvalue weighted by atomic mass is 10.0. The Balaban J connectivity index is 1.52. The number of aromatic nitrogens is 3. The number of hydrogen-bond acceptors (Lipinski definition) is 4. The average Bonchev–Trinajstić information content (AvgIpc) is 3.35. The molecule has 132 valence electrons. The van der Waals surface area contributed by atoms with Crippen molar-refractivity contribution in [2.45, 2.75) is 57.0 Å². The van der Waals surface area contributed by atoms with E-state index >= 15 is 0 Å². The number of nitrogens with zero attached hydrogens (tertiary/aromatic N) is 3. The summed E-state index contributed by atoms with van der Waals surface area (Å²) in [4.78, 5) is 27.0. The van der Waals surface area contributed by atoms with Crippen LogP contribution in [-0.4, -0.2) is 38.3 Å². The molecule has 0 radical (unpaired) electrons. The van der Waals surface area contributed by atoms with Gasteiger partial charge in [-0.05, 0) is 44.2 Å². The van der Waals surface area contributed by atoms with Crippen LogP contribution >= 0.6 is 0 Å². The van der Waals surface area contributed by atoms with Crippen molar-refractivity contribution in [1.82, 2.24) is 19.9 Å². The zero-order valence-corrected chi connectivity index (χ0v) is 14.4. The number of nitrogens with one attached hydrogen (secondary N) is 2. The first-order valence-electron chi connectivity index (χ1n) is 9.34. The van der Waals surface area contributed by atoms with Gasteiger partial charge in [0.05, 0.1) is 6.04 Å². The minimum absolute atomic E-state index is 0.0376. The monoisotopic (exact) mass is 339 g/mol. The van der Waals surface area contributed by atoms with Crippen LogP contribution in [0.3, 0.4) is 0 Å². The van der Waals surface area contributed by atoms with Gasteiger partial charge in [-0.1, -0.05) is 12.8 Å². The molecule has 1 saturated heterocycles. The highest BCUT2D eigenvalue weighted by molar-refractivity contribution is 5.95. The number of amides is 1. The van der Waals surface area contributed by atoms with Gasteiger partial charge in [-0.15, -0.1) is 0 Å². The third-order valence-electron chi connectivity index (χ3n) is 5.31. The minimum atomic E-state index is 0.0376. The van der Waals surface area contributed by atoms with Crippen molar-refractivity contribution in [3.63, 3.8) is 0 Å². The molecule has 6 nitrogen and oxygen atoms in total. The summed E-state index contributed by atoms with van der Waals surface area (Å²) < 4.78 is 0. The van der Waals surface area contributed by atoms with Crippen LogP contribution in [-0.2, 0) is 0 Å². The number of piperidine rings is 1. The zero-order valence-electron chi connectivity index (χ0n) is 14.4. The molecule has 1 saturated carbocycles. The first kappa shape index (κ1) is 16.1. The van der Waals surface area contributed by atoms with E-state index in [0.29, 0.717) is 11.6 Å². The van der Waals surface area contributed by atoms with Gasteiger partial charge < -0.3 is 15.2 Å². The SMILES string of the molecule is O=C(c1ccnc(NC2CCCC2)c1)N1CCCCC1c1ncc[nH]1. The molecule has 0 spiro atoms. The number of carbonyl (C=O) groups is 1. The second-order valence-corrected chi connectivity index (χ2v) is 7.04. The Morgan fingerprint density at radius 3 is 2.76 bits per heavy atom. The van der Waals surface area contributed by atoms with E-state index in [1.165, 1.54) is 25.7 Å². The summed E-state index contributed by atoms with van der Waals surface area (Å²) in [6, 6.07) is 4.24. The standard InChI is InChI=1S/C19H25N5O/c25-19(24-12-4-3-7-16(24)18-21-10-11-22-18)14-8-9-20-17(13-14)23-15-5-1-2-6-15/h8-11,13,15-16H,1-7,12H2,(H,20,23)(H,21,22). The molecule has 6 heteroatoms. The highest BCUT2D eigenvalue weighted by Gasteiger charge is 2.30. The lowest BCUT2D eigenvalue weighted by molar-refractivity contribution is 0.0601. The average molecular weight is 339 g/mol. The molecular weight excluding hydrogens is 314 g/mol. The third-order valence-corrected chi connectivity index (χ3v) is 5.31. The number of aromatic amines is 1. The molecule has 3 heterocycles. The van der Waals surface area contributed by atoms with Crippen LogP contribution in [0.25, 0.3) is 0 Å². The van der Waals surface area contributed by atoms with Gasteiger partial charge in [0.1, 0.15) is 11.6 Å². The highest BCUT2D eigenvalue weighted by Crippen LogP contribution is 2.30. The second-order valence-electron chi connectivity index (χ2n) is 7.04. The van der Waals surface area contributed by atoms with Crippen LogP contribution in [0.5, 0.6) is 0 Å². The summed E-state index contributed by atoms with van der Waals surface area (Å²) in [5.74, 6) is 1.76. The fourth-order valence-electron chi connectivity index (χ4n) is 4.01. The number of rotatable bonds is 4. The molecule has 1 aliphatic carbocycles. The van der Waals surface area contributed by atoms with E-state index in [1.54, 1.807) is 12.4 Å². The van der Waals surface area contributed by atoms with Crippen LogP contribution in [0, 0.1) is 0 Å². The van der Waals surface area contributed by atoms with Crippen LogP contribution in [0.4, 0.5) is 5.82 Å². The van der Waals surface area contributed by atoms with Gasteiger partial charge in [0.2, 0.25) is 0 Å². The Kier molecular flexibility index (Phi) is 4.68. The maximum absolute atomic E-state index is 13.1. The number of imidazole rings is 1. The van der Waals surface area contributed by atoms with Crippen molar-refractivity contribution < 1.29 is 4.79 Å². The largest absolute Gasteiger partial charge is 0.367 e. The summed E-state index contributed by atoms with van der Waals surface area (Å²) in [5, 5.41) is 3.48. The van der Waals surface area contributed by atoms with E-state index in [1.807, 2.05) is 23.2 Å². The van der Waals surface area contributed by atoms with E-state index in [4.69, 9.17) is 0 Å². The van der Waals surface area contributed by atoms with Gasteiger partial charge in [-0.25, -0.2) is 9.97 Å². The summed E-state index contributed by atoms with van der Waals surface area (Å²) in [6.45, 7) is 0.776. The van der Waals surface area contributed by atoms with E-state index in [9.17, 15) is 4.79 Å². The van der Waals surface area contributed by atoms with Gasteiger partial charge in [0.25, 0.3) is 5.91 Å². The van der Waals surface area contributed by atoms with Crippen molar-refractivity contribution in [3.8, 4) is 0 Å². The lowest BCUT2D eigenvalue weighted by Crippen LogP contribution is -2.39. The lowest BCUT2D eigenvalue weighted by Gasteiger charge is -2.34. The Morgan fingerprint density at radius 1 is 1.12 bits per heavy atom. The third kappa shape index (κ3) is 3.52. The molecule has 1 unspecified atom stereocenters. The molecule has 2 N–H and O–H groups in total. The number of hydrogen-bond donors (Lipinski definition) is 2. The molecule has 1 amide bonds. The van der Waals surface area contributed by atoms with Gasteiger partial charge in [0, 0.05) is 36.7 Å². The normalized spacial score (nSPS) is 21.4.